The van der Waals surface area contributed by atoms with E-state index in [1.807, 2.05) is 0 Å². The summed E-state index contributed by atoms with van der Waals surface area (Å²) in [6, 6.07) is 0. The van der Waals surface area contributed by atoms with Crippen molar-refractivity contribution in [2.24, 2.45) is 74.4 Å². The van der Waals surface area contributed by atoms with Crippen molar-refractivity contribution >= 4 is 12.6 Å². The molecule has 0 aromatic rings. The van der Waals surface area contributed by atoms with Crippen LogP contribution in [0.15, 0.2) is 34.4 Å². The van der Waals surface area contributed by atoms with Gasteiger partial charge in [0.25, 0.3) is 0 Å². The Labute approximate surface area is 337 Å². The smallest absolute Gasteiger partial charge is 0.123 e. The first-order valence-electron chi connectivity index (χ1n) is 23.1. The van der Waals surface area contributed by atoms with E-state index in [4.69, 9.17) is 0 Å². The quantitative estimate of drug-likeness (QED) is 0.207. The molecule has 6 fully saturated rings. The number of hydrogen-bond acceptors (Lipinski definition) is 2. The fraction of sp³-hybridized carbons (Fsp3) is 0.843. The Bertz CT molecular complexity index is 1440. The molecule has 2 bridgehead atoms. The van der Waals surface area contributed by atoms with Crippen LogP contribution in [-0.2, 0) is 9.59 Å². The molecule has 10 atom stereocenters. The van der Waals surface area contributed by atoms with Crippen molar-refractivity contribution in [3.8, 4) is 0 Å². The van der Waals surface area contributed by atoms with Gasteiger partial charge in [0.05, 0.1) is 0 Å². The number of hydrogen-bond donors (Lipinski definition) is 0. The molecule has 0 radical (unpaired) electrons. The van der Waals surface area contributed by atoms with Gasteiger partial charge in [-0.3, -0.25) is 0 Å². The Kier molecular flexibility index (Phi) is 13.8. The van der Waals surface area contributed by atoms with E-state index in [0.29, 0.717) is 34.0 Å². The minimum absolute atomic E-state index is 0. The summed E-state index contributed by atoms with van der Waals surface area (Å²) in [5, 5.41) is 0. The number of aldehydes is 2. The van der Waals surface area contributed by atoms with Crippen molar-refractivity contribution in [3.63, 3.8) is 0 Å². The molecule has 10 rings (SSSR count). The number of carbonyl (C=O) groups is 2. The van der Waals surface area contributed by atoms with Crippen LogP contribution in [0.4, 0.5) is 0 Å². The molecule has 0 aliphatic heterocycles. The van der Waals surface area contributed by atoms with E-state index in [1.54, 1.807) is 60.8 Å². The number of allylic oxidation sites excluding steroid dienone is 6. The first-order valence-corrected chi connectivity index (χ1v) is 23.1. The van der Waals surface area contributed by atoms with Gasteiger partial charge in [-0.25, -0.2) is 0 Å². The van der Waals surface area contributed by atoms with Crippen molar-refractivity contribution in [1.29, 1.82) is 0 Å². The van der Waals surface area contributed by atoms with Gasteiger partial charge >= 0.3 is 0 Å². The molecule has 6 saturated carbocycles. The molecule has 0 amide bonds. The van der Waals surface area contributed by atoms with Crippen LogP contribution in [0.2, 0.25) is 0 Å². The van der Waals surface area contributed by atoms with Gasteiger partial charge in [0.2, 0.25) is 0 Å². The summed E-state index contributed by atoms with van der Waals surface area (Å²) in [4.78, 5) is 21.6. The molecule has 0 heterocycles. The Morgan fingerprint density at radius 2 is 1.35 bits per heavy atom. The highest BCUT2D eigenvalue weighted by molar-refractivity contribution is 5.56. The van der Waals surface area contributed by atoms with E-state index < -0.39 is 0 Å². The lowest BCUT2D eigenvalue weighted by atomic mass is 9.61. The lowest BCUT2D eigenvalue weighted by Crippen LogP contribution is -2.33. The zero-order valence-corrected chi connectivity index (χ0v) is 36.8. The standard InChI is InChI=1S/2C13H20O.C13H22.C12H18.2H2O/c2*1-13(2)7-3-4-11-6-5-10(9-14)8-12(11)13;1-10-6-7-11-5-4-8-13(2,3)12(11)9-10;1-11-4-2-3-9-5-8-6-10(11)12(9,11)7-8;;/h9-10H,3-8H2,1-2H3;6,9-10,12H,3-5,7-8H2,1-2H3;5,10,12H,4,6-9H2,1-3H3;8-10H,2-7H2,1H3;2*1H2. The van der Waals surface area contributed by atoms with E-state index >= 15 is 0 Å². The monoisotopic (exact) mass is 761 g/mol. The highest BCUT2D eigenvalue weighted by Crippen LogP contribution is 2.88. The molecule has 4 heteroatoms. The predicted molar refractivity (Wildman–Crippen MR) is 230 cm³/mol. The molecule has 0 saturated heterocycles. The van der Waals surface area contributed by atoms with E-state index in [0.717, 1.165) is 60.9 Å². The Morgan fingerprint density at radius 1 is 0.655 bits per heavy atom. The van der Waals surface area contributed by atoms with Crippen molar-refractivity contribution in [2.45, 2.75) is 197 Å². The third-order valence-electron chi connectivity index (χ3n) is 18.4. The van der Waals surface area contributed by atoms with Crippen LogP contribution >= 0.6 is 0 Å². The van der Waals surface area contributed by atoms with Gasteiger partial charge in [0, 0.05) is 11.8 Å². The van der Waals surface area contributed by atoms with Crippen LogP contribution in [-0.4, -0.2) is 23.5 Å². The van der Waals surface area contributed by atoms with Gasteiger partial charge in [-0.1, -0.05) is 96.3 Å². The lowest BCUT2D eigenvalue weighted by molar-refractivity contribution is -0.112. The predicted octanol–water partition coefficient (Wildman–Crippen LogP) is 12.6. The van der Waals surface area contributed by atoms with Crippen LogP contribution in [0.1, 0.15) is 197 Å². The second-order valence-electron chi connectivity index (χ2n) is 22.9. The first kappa shape index (κ1) is 44.6. The van der Waals surface area contributed by atoms with Crippen molar-refractivity contribution in [1.82, 2.24) is 0 Å². The van der Waals surface area contributed by atoms with Crippen molar-refractivity contribution < 1.29 is 20.5 Å². The number of rotatable bonds is 2. The van der Waals surface area contributed by atoms with Gasteiger partial charge in [-0.2, -0.15) is 0 Å². The van der Waals surface area contributed by atoms with E-state index in [9.17, 15) is 9.59 Å². The van der Waals surface area contributed by atoms with E-state index in [1.165, 1.54) is 94.8 Å². The minimum Gasteiger partial charge on any atom is -0.412 e. The van der Waals surface area contributed by atoms with Crippen LogP contribution in [0.25, 0.3) is 0 Å². The number of fused-ring (bicyclic) bond motifs is 4. The second-order valence-corrected chi connectivity index (χ2v) is 22.9. The first-order chi connectivity index (χ1) is 25.1. The molecule has 55 heavy (non-hydrogen) atoms. The number of carbonyl (C=O) groups excluding carboxylic acids is 2. The highest BCUT2D eigenvalue weighted by Gasteiger charge is 2.81. The van der Waals surface area contributed by atoms with Gasteiger partial charge in [-0.15, -0.1) is 0 Å². The summed E-state index contributed by atoms with van der Waals surface area (Å²) < 4.78 is 0. The molecule has 4 nitrogen and oxygen atoms in total. The van der Waals surface area contributed by atoms with Gasteiger partial charge in [0.15, 0.2) is 0 Å². The third-order valence-corrected chi connectivity index (χ3v) is 18.4. The van der Waals surface area contributed by atoms with Gasteiger partial charge in [0.1, 0.15) is 12.6 Å². The zero-order chi connectivity index (χ0) is 37.8. The van der Waals surface area contributed by atoms with Crippen molar-refractivity contribution in [3.05, 3.63) is 34.4 Å². The fourth-order valence-corrected chi connectivity index (χ4v) is 15.2. The Hall–Kier alpha value is -1.52. The third kappa shape index (κ3) is 8.49. The largest absolute Gasteiger partial charge is 0.412 e. The lowest BCUT2D eigenvalue weighted by Gasteiger charge is -2.44. The van der Waals surface area contributed by atoms with Gasteiger partial charge < -0.3 is 20.5 Å². The molecule has 10 aliphatic rings. The van der Waals surface area contributed by atoms with Gasteiger partial charge in [-0.05, 0) is 197 Å². The normalized spacial score (nSPS) is 41.5. The summed E-state index contributed by atoms with van der Waals surface area (Å²) in [6.45, 7) is 19.3. The Balaban J connectivity index is 0.000000139. The molecule has 0 aromatic carbocycles. The molecule has 312 valence electrons. The molecule has 1 spiro atoms. The summed E-state index contributed by atoms with van der Waals surface area (Å²) >= 11 is 0. The summed E-state index contributed by atoms with van der Waals surface area (Å²) in [5.74, 6) is 6.69. The molecule has 4 N–H and O–H groups in total. The molecular weight excluding hydrogens is 677 g/mol. The van der Waals surface area contributed by atoms with Crippen LogP contribution < -0.4 is 0 Å². The second kappa shape index (κ2) is 17.0. The summed E-state index contributed by atoms with van der Waals surface area (Å²) in [6.07, 6.45) is 37.0. The topological polar surface area (TPSA) is 97.1 Å². The Morgan fingerprint density at radius 3 is 2.07 bits per heavy atom. The zero-order valence-electron chi connectivity index (χ0n) is 36.8. The summed E-state index contributed by atoms with van der Waals surface area (Å²) in [5.41, 5.74) is 9.87. The molecular formula is C51H84O4. The fourth-order valence-electron chi connectivity index (χ4n) is 15.2. The van der Waals surface area contributed by atoms with E-state index in [-0.39, 0.29) is 11.0 Å². The maximum Gasteiger partial charge on any atom is 0.123 e. The molecule has 0 aromatic heterocycles. The average Bonchev–Trinajstić information content (AvgIpc) is 3.41. The van der Waals surface area contributed by atoms with Crippen LogP contribution in [0.5, 0.6) is 0 Å². The van der Waals surface area contributed by atoms with Crippen molar-refractivity contribution in [2.75, 3.05) is 0 Å². The van der Waals surface area contributed by atoms with Crippen LogP contribution in [0, 0.1) is 74.4 Å². The maximum absolute atomic E-state index is 10.8. The molecule has 10 unspecified atom stereocenters. The molecule has 10 aliphatic carbocycles. The van der Waals surface area contributed by atoms with Crippen LogP contribution in [0.3, 0.4) is 0 Å². The highest BCUT2D eigenvalue weighted by atomic mass is 16.1. The van der Waals surface area contributed by atoms with E-state index in [2.05, 4.69) is 67.5 Å². The SMILES string of the molecule is CC1(C)CCCC2=C1CC(C=O)CC2.CC1(C)CCCC2=CCC(C=O)CC21.CC12CCCC3CC4CC1C32C4.CC1CCC2=CCCC(C)(C)C2C1.O.O. The minimum atomic E-state index is 0. The average molecular weight is 761 g/mol. The summed E-state index contributed by atoms with van der Waals surface area (Å²) in [7, 11) is 0. The maximum atomic E-state index is 10.8.